The Kier molecular flexibility index (Phi) is 4.66. The van der Waals surface area contributed by atoms with Gasteiger partial charge in [-0.3, -0.25) is 19.7 Å². The molecule has 0 bridgehead atoms. The SMILES string of the molecule is COc1ccc2c(c1)C(=O)CC1(CCN(C(=O)c3ccc(Cl)cc3[N+](=O)[O-])C1)O2. The Morgan fingerprint density at radius 1 is 1.31 bits per heavy atom. The number of methoxy groups -OCH3 is 1. The van der Waals surface area contributed by atoms with Gasteiger partial charge in [0, 0.05) is 24.1 Å². The van der Waals surface area contributed by atoms with E-state index in [0.29, 0.717) is 30.0 Å². The summed E-state index contributed by atoms with van der Waals surface area (Å²) in [4.78, 5) is 37.8. The molecule has 0 aromatic heterocycles. The maximum absolute atomic E-state index is 12.9. The van der Waals surface area contributed by atoms with Gasteiger partial charge >= 0.3 is 0 Å². The number of fused-ring (bicyclic) bond motifs is 1. The number of nitrogens with zero attached hydrogens (tertiary/aromatic N) is 2. The van der Waals surface area contributed by atoms with Crippen LogP contribution >= 0.6 is 11.6 Å². The predicted molar refractivity (Wildman–Crippen MR) is 104 cm³/mol. The monoisotopic (exact) mass is 416 g/mol. The van der Waals surface area contributed by atoms with Crippen LogP contribution in [0.25, 0.3) is 0 Å². The van der Waals surface area contributed by atoms with E-state index >= 15 is 0 Å². The van der Waals surface area contributed by atoms with E-state index < -0.39 is 16.4 Å². The van der Waals surface area contributed by atoms with Crippen molar-refractivity contribution in [1.82, 2.24) is 4.90 Å². The number of rotatable bonds is 3. The zero-order valence-electron chi connectivity index (χ0n) is 15.5. The zero-order valence-corrected chi connectivity index (χ0v) is 16.3. The molecule has 8 nitrogen and oxygen atoms in total. The summed E-state index contributed by atoms with van der Waals surface area (Å²) in [6, 6.07) is 8.98. The Morgan fingerprint density at radius 3 is 2.83 bits per heavy atom. The van der Waals surface area contributed by atoms with Crippen molar-refractivity contribution in [2.24, 2.45) is 0 Å². The number of Topliss-reactive ketones (excluding diaryl/α,β-unsaturated/α-hetero) is 1. The number of nitro benzene ring substituents is 1. The van der Waals surface area contributed by atoms with Gasteiger partial charge in [0.25, 0.3) is 11.6 Å². The molecule has 29 heavy (non-hydrogen) atoms. The van der Waals surface area contributed by atoms with E-state index in [1.165, 1.54) is 24.1 Å². The molecule has 0 radical (unpaired) electrons. The Labute approximate surface area is 171 Å². The fourth-order valence-corrected chi connectivity index (χ4v) is 4.02. The van der Waals surface area contributed by atoms with Crippen molar-refractivity contribution >= 4 is 29.0 Å². The summed E-state index contributed by atoms with van der Waals surface area (Å²) in [5.41, 5.74) is -0.770. The van der Waals surface area contributed by atoms with Crippen LogP contribution in [0.1, 0.15) is 33.6 Å². The van der Waals surface area contributed by atoms with E-state index in [4.69, 9.17) is 21.1 Å². The molecule has 0 aliphatic carbocycles. The number of ether oxygens (including phenoxy) is 2. The number of carbonyl (C=O) groups is 2. The normalized spacial score (nSPS) is 20.3. The van der Waals surface area contributed by atoms with Crippen molar-refractivity contribution < 1.29 is 24.0 Å². The third-order valence-corrected chi connectivity index (χ3v) is 5.52. The van der Waals surface area contributed by atoms with Crippen molar-refractivity contribution in [3.05, 3.63) is 62.7 Å². The Morgan fingerprint density at radius 2 is 2.10 bits per heavy atom. The second kappa shape index (κ2) is 7.04. The molecule has 2 aromatic rings. The maximum Gasteiger partial charge on any atom is 0.283 e. The van der Waals surface area contributed by atoms with Crippen LogP contribution in [-0.4, -0.2) is 47.3 Å². The zero-order chi connectivity index (χ0) is 20.8. The number of carbonyl (C=O) groups excluding carboxylic acids is 2. The average molecular weight is 417 g/mol. The summed E-state index contributed by atoms with van der Waals surface area (Å²) in [7, 11) is 1.52. The van der Waals surface area contributed by atoms with Crippen molar-refractivity contribution in [3.8, 4) is 11.5 Å². The fourth-order valence-electron chi connectivity index (χ4n) is 3.85. The Balaban J connectivity index is 1.59. The Hall–Kier alpha value is -3.13. The van der Waals surface area contributed by atoms with E-state index in [-0.39, 0.29) is 35.0 Å². The minimum atomic E-state index is -0.838. The second-order valence-electron chi connectivity index (χ2n) is 7.14. The van der Waals surface area contributed by atoms with Crippen LogP contribution in [0.2, 0.25) is 5.02 Å². The molecule has 150 valence electrons. The van der Waals surface area contributed by atoms with E-state index in [0.717, 1.165) is 6.07 Å². The topological polar surface area (TPSA) is 99.0 Å². The fraction of sp³-hybridized carbons (Fsp3) is 0.300. The summed E-state index contributed by atoms with van der Waals surface area (Å²) in [5, 5.41) is 11.5. The largest absolute Gasteiger partial charge is 0.497 e. The first-order valence-electron chi connectivity index (χ1n) is 8.95. The molecule has 2 aliphatic heterocycles. The van der Waals surface area contributed by atoms with Gasteiger partial charge in [0.15, 0.2) is 5.78 Å². The molecule has 4 rings (SSSR count). The molecule has 1 amide bonds. The smallest absolute Gasteiger partial charge is 0.283 e. The average Bonchev–Trinajstić information content (AvgIpc) is 3.10. The summed E-state index contributed by atoms with van der Waals surface area (Å²) in [5.74, 6) is 0.447. The molecule has 1 fully saturated rings. The number of hydrogen-bond donors (Lipinski definition) is 0. The maximum atomic E-state index is 12.9. The minimum absolute atomic E-state index is 0.0382. The molecule has 9 heteroatoms. The Bertz CT molecular complexity index is 1040. The highest BCUT2D eigenvalue weighted by Gasteiger charge is 2.47. The summed E-state index contributed by atoms with van der Waals surface area (Å²) in [6.45, 7) is 0.500. The molecule has 0 N–H and O–H groups in total. The highest BCUT2D eigenvalue weighted by molar-refractivity contribution is 6.31. The van der Waals surface area contributed by atoms with Gasteiger partial charge in [-0.1, -0.05) is 11.6 Å². The predicted octanol–water partition coefficient (Wildman–Crippen LogP) is 3.51. The summed E-state index contributed by atoms with van der Waals surface area (Å²) in [6.07, 6.45) is 0.580. The number of likely N-dealkylation sites (tertiary alicyclic amines) is 1. The van der Waals surface area contributed by atoms with Crippen LogP contribution in [0.5, 0.6) is 11.5 Å². The van der Waals surface area contributed by atoms with Gasteiger partial charge in [-0.15, -0.1) is 0 Å². The number of nitro groups is 1. The lowest BCUT2D eigenvalue weighted by molar-refractivity contribution is -0.385. The van der Waals surface area contributed by atoms with E-state index in [2.05, 4.69) is 0 Å². The molecule has 2 heterocycles. The lowest BCUT2D eigenvalue weighted by Crippen LogP contribution is -2.45. The van der Waals surface area contributed by atoms with Gasteiger partial charge in [0.05, 0.1) is 30.6 Å². The molecule has 2 aromatic carbocycles. The van der Waals surface area contributed by atoms with Crippen LogP contribution in [0, 0.1) is 10.1 Å². The third kappa shape index (κ3) is 3.40. The minimum Gasteiger partial charge on any atom is -0.497 e. The van der Waals surface area contributed by atoms with Crippen LogP contribution in [0.15, 0.2) is 36.4 Å². The van der Waals surface area contributed by atoms with Crippen molar-refractivity contribution in [2.75, 3.05) is 20.2 Å². The molecular weight excluding hydrogens is 400 g/mol. The first kappa shape index (κ1) is 19.2. The number of halogens is 1. The molecule has 2 aliphatic rings. The number of ketones is 1. The number of amides is 1. The molecule has 1 spiro atoms. The molecular formula is C20H17ClN2O6. The van der Waals surface area contributed by atoms with Crippen LogP contribution in [0.4, 0.5) is 5.69 Å². The van der Waals surface area contributed by atoms with Gasteiger partial charge < -0.3 is 14.4 Å². The highest BCUT2D eigenvalue weighted by Crippen LogP contribution is 2.40. The van der Waals surface area contributed by atoms with Gasteiger partial charge in [0.1, 0.15) is 22.7 Å². The highest BCUT2D eigenvalue weighted by atomic mass is 35.5. The quantitative estimate of drug-likeness (QED) is 0.560. The van der Waals surface area contributed by atoms with Crippen molar-refractivity contribution in [2.45, 2.75) is 18.4 Å². The summed E-state index contributed by atoms with van der Waals surface area (Å²) < 4.78 is 11.3. The van der Waals surface area contributed by atoms with Gasteiger partial charge in [0.2, 0.25) is 0 Å². The molecule has 0 saturated carbocycles. The third-order valence-electron chi connectivity index (χ3n) is 5.29. The van der Waals surface area contributed by atoms with Crippen LogP contribution < -0.4 is 9.47 Å². The number of benzene rings is 2. The van der Waals surface area contributed by atoms with E-state index in [1.54, 1.807) is 18.2 Å². The van der Waals surface area contributed by atoms with E-state index in [1.807, 2.05) is 0 Å². The first-order valence-corrected chi connectivity index (χ1v) is 9.33. The van der Waals surface area contributed by atoms with Crippen LogP contribution in [-0.2, 0) is 0 Å². The molecule has 1 atom stereocenters. The van der Waals surface area contributed by atoms with Gasteiger partial charge in [-0.25, -0.2) is 0 Å². The standard InChI is InChI=1S/C20H17ClN2O6/c1-28-13-3-5-18-15(9-13)17(24)10-20(29-18)6-7-22(11-20)19(25)14-4-2-12(21)8-16(14)23(26)27/h2-5,8-9H,6-7,10-11H2,1H3. The lowest BCUT2D eigenvalue weighted by Gasteiger charge is -2.34. The first-order chi connectivity index (χ1) is 13.8. The van der Waals surface area contributed by atoms with Gasteiger partial charge in [-0.2, -0.15) is 0 Å². The summed E-state index contributed by atoms with van der Waals surface area (Å²) >= 11 is 5.83. The number of hydrogen-bond acceptors (Lipinski definition) is 6. The molecule has 1 saturated heterocycles. The second-order valence-corrected chi connectivity index (χ2v) is 7.58. The van der Waals surface area contributed by atoms with Gasteiger partial charge in [-0.05, 0) is 30.3 Å². The van der Waals surface area contributed by atoms with Crippen molar-refractivity contribution in [1.29, 1.82) is 0 Å². The van der Waals surface area contributed by atoms with E-state index in [9.17, 15) is 19.7 Å². The lowest BCUT2D eigenvalue weighted by atomic mass is 9.89. The van der Waals surface area contributed by atoms with Crippen LogP contribution in [0.3, 0.4) is 0 Å². The molecule has 1 unspecified atom stereocenters. The van der Waals surface area contributed by atoms with Crippen molar-refractivity contribution in [3.63, 3.8) is 0 Å².